The van der Waals surface area contributed by atoms with Gasteiger partial charge in [-0.3, -0.25) is 4.98 Å². The first kappa shape index (κ1) is 21.5. The number of hydrogen-bond donors (Lipinski definition) is 0. The van der Waals surface area contributed by atoms with E-state index in [9.17, 15) is 22.0 Å². The third kappa shape index (κ3) is 5.43. The number of aryl methyl sites for hydroxylation is 1. The van der Waals surface area contributed by atoms with E-state index in [0.717, 1.165) is 41.8 Å². The van der Waals surface area contributed by atoms with Crippen LogP contribution in [0.15, 0.2) is 67.1 Å². The summed E-state index contributed by atoms with van der Waals surface area (Å²) in [6.07, 6.45) is -0.875. The number of nitrogens with zero attached hydrogens (tertiary/aromatic N) is 1. The van der Waals surface area contributed by atoms with E-state index in [1.807, 2.05) is 18.3 Å². The van der Waals surface area contributed by atoms with Crippen molar-refractivity contribution in [3.05, 3.63) is 84.3 Å². The highest BCUT2D eigenvalue weighted by atomic mass is 19.4. The molecule has 2 aromatic carbocycles. The molecule has 3 rings (SSSR count). The summed E-state index contributed by atoms with van der Waals surface area (Å²) >= 11 is 0. The average molecular weight is 419 g/mol. The van der Waals surface area contributed by atoms with Gasteiger partial charge in [0, 0.05) is 11.8 Å². The summed E-state index contributed by atoms with van der Waals surface area (Å²) in [5.41, 5.74) is 3.54. The quantitative estimate of drug-likeness (QED) is 0.314. The zero-order chi connectivity index (χ0) is 21.7. The molecule has 0 fully saturated rings. The van der Waals surface area contributed by atoms with Crippen molar-refractivity contribution in [3.63, 3.8) is 0 Å². The van der Waals surface area contributed by atoms with Crippen molar-refractivity contribution >= 4 is 0 Å². The van der Waals surface area contributed by atoms with E-state index in [2.05, 4.69) is 16.6 Å². The standard InChI is InChI=1S/C23H18F5NO/c1-2-3-15-4-9-21(29-14-15)17-7-5-16(6-8-17)18-12-19(24)22(20(25)13-18)30-11-10-23(26,27)28/h4-14H,2-3H2,1H3/b11-10+. The van der Waals surface area contributed by atoms with Crippen molar-refractivity contribution in [1.29, 1.82) is 0 Å². The maximum atomic E-state index is 14.2. The molecule has 0 amide bonds. The molecule has 0 spiro atoms. The minimum atomic E-state index is -4.64. The zero-order valence-electron chi connectivity index (χ0n) is 16.0. The molecule has 0 saturated heterocycles. The first-order chi connectivity index (χ1) is 14.3. The molecular formula is C23H18F5NO. The predicted octanol–water partition coefficient (Wildman–Crippen LogP) is 7.10. The highest BCUT2D eigenvalue weighted by Crippen LogP contribution is 2.31. The molecule has 3 aromatic rings. The molecule has 2 nitrogen and oxygen atoms in total. The van der Waals surface area contributed by atoms with Crippen LogP contribution in [0.3, 0.4) is 0 Å². The van der Waals surface area contributed by atoms with Crippen molar-refractivity contribution in [2.45, 2.75) is 25.9 Å². The molecule has 156 valence electrons. The van der Waals surface area contributed by atoms with Gasteiger partial charge in [-0.2, -0.15) is 13.2 Å². The van der Waals surface area contributed by atoms with Crippen LogP contribution in [0.25, 0.3) is 22.4 Å². The van der Waals surface area contributed by atoms with E-state index in [1.54, 1.807) is 24.3 Å². The Morgan fingerprint density at radius 2 is 1.53 bits per heavy atom. The fourth-order valence-electron chi connectivity index (χ4n) is 2.88. The van der Waals surface area contributed by atoms with Crippen molar-refractivity contribution in [2.24, 2.45) is 0 Å². The fraction of sp³-hybridized carbons (Fsp3) is 0.174. The maximum absolute atomic E-state index is 14.2. The zero-order valence-corrected chi connectivity index (χ0v) is 16.0. The minimum absolute atomic E-state index is 0.203. The van der Waals surface area contributed by atoms with Gasteiger partial charge < -0.3 is 4.74 Å². The van der Waals surface area contributed by atoms with Gasteiger partial charge in [0.15, 0.2) is 17.4 Å². The van der Waals surface area contributed by atoms with E-state index in [1.165, 1.54) is 0 Å². The van der Waals surface area contributed by atoms with Crippen LogP contribution in [0.1, 0.15) is 18.9 Å². The molecular weight excluding hydrogens is 401 g/mol. The first-order valence-corrected chi connectivity index (χ1v) is 9.22. The van der Waals surface area contributed by atoms with Gasteiger partial charge in [-0.05, 0) is 41.3 Å². The Bertz CT molecular complexity index is 1000. The minimum Gasteiger partial charge on any atom is -0.459 e. The highest BCUT2D eigenvalue weighted by Gasteiger charge is 2.23. The molecule has 0 aliphatic rings. The van der Waals surface area contributed by atoms with Crippen LogP contribution >= 0.6 is 0 Å². The second-order valence-electron chi connectivity index (χ2n) is 6.61. The Morgan fingerprint density at radius 3 is 2.07 bits per heavy atom. The largest absolute Gasteiger partial charge is 0.459 e. The summed E-state index contributed by atoms with van der Waals surface area (Å²) in [7, 11) is 0. The molecule has 7 heteroatoms. The molecule has 0 bridgehead atoms. The topological polar surface area (TPSA) is 22.1 Å². The number of aromatic nitrogens is 1. The monoisotopic (exact) mass is 419 g/mol. The summed E-state index contributed by atoms with van der Waals surface area (Å²) in [6.45, 7) is 2.09. The number of rotatable bonds is 6. The van der Waals surface area contributed by atoms with Crippen LogP contribution < -0.4 is 4.74 Å². The van der Waals surface area contributed by atoms with Gasteiger partial charge in [0.25, 0.3) is 0 Å². The summed E-state index contributed by atoms with van der Waals surface area (Å²) in [5.74, 6) is -3.10. The molecule has 1 aromatic heterocycles. The van der Waals surface area contributed by atoms with Crippen LogP contribution in [0.5, 0.6) is 5.75 Å². The summed E-state index contributed by atoms with van der Waals surface area (Å²) in [5, 5.41) is 0. The Labute approximate surface area is 170 Å². The Balaban J connectivity index is 1.80. The molecule has 0 radical (unpaired) electrons. The second kappa shape index (κ2) is 9.07. The summed E-state index contributed by atoms with van der Waals surface area (Å²) in [6, 6.07) is 12.9. The van der Waals surface area contributed by atoms with Gasteiger partial charge in [-0.1, -0.05) is 43.7 Å². The lowest BCUT2D eigenvalue weighted by Crippen LogP contribution is -2.02. The number of benzene rings is 2. The van der Waals surface area contributed by atoms with Crippen molar-refractivity contribution in [1.82, 2.24) is 4.98 Å². The van der Waals surface area contributed by atoms with E-state index in [0.29, 0.717) is 5.56 Å². The van der Waals surface area contributed by atoms with Gasteiger partial charge >= 0.3 is 6.18 Å². The van der Waals surface area contributed by atoms with Gasteiger partial charge in [-0.15, -0.1) is 0 Å². The molecule has 0 atom stereocenters. The Kier molecular flexibility index (Phi) is 6.50. The van der Waals surface area contributed by atoms with Crippen molar-refractivity contribution in [2.75, 3.05) is 0 Å². The molecule has 0 aliphatic heterocycles. The molecule has 0 unspecified atom stereocenters. The van der Waals surface area contributed by atoms with Gasteiger partial charge in [-0.25, -0.2) is 8.78 Å². The number of allylic oxidation sites excluding steroid dienone is 1. The fourth-order valence-corrected chi connectivity index (χ4v) is 2.88. The second-order valence-corrected chi connectivity index (χ2v) is 6.61. The third-order valence-corrected chi connectivity index (χ3v) is 4.32. The highest BCUT2D eigenvalue weighted by molar-refractivity contribution is 5.69. The first-order valence-electron chi connectivity index (χ1n) is 9.22. The van der Waals surface area contributed by atoms with Crippen molar-refractivity contribution < 1.29 is 26.7 Å². The molecule has 0 N–H and O–H groups in total. The number of pyridine rings is 1. The normalized spacial score (nSPS) is 11.8. The summed E-state index contributed by atoms with van der Waals surface area (Å²) < 4.78 is 69.1. The average Bonchev–Trinajstić information content (AvgIpc) is 2.70. The van der Waals surface area contributed by atoms with Crippen molar-refractivity contribution in [3.8, 4) is 28.1 Å². The predicted molar refractivity (Wildman–Crippen MR) is 105 cm³/mol. The molecule has 0 saturated carbocycles. The molecule has 0 aliphatic carbocycles. The van der Waals surface area contributed by atoms with E-state index in [4.69, 9.17) is 0 Å². The van der Waals surface area contributed by atoms with Crippen LogP contribution in [-0.2, 0) is 6.42 Å². The number of halogens is 5. The lowest BCUT2D eigenvalue weighted by atomic mass is 10.0. The van der Waals surface area contributed by atoms with E-state index >= 15 is 0 Å². The molecule has 30 heavy (non-hydrogen) atoms. The smallest absolute Gasteiger partial charge is 0.412 e. The maximum Gasteiger partial charge on any atom is 0.412 e. The van der Waals surface area contributed by atoms with Crippen LogP contribution in [0.4, 0.5) is 22.0 Å². The summed E-state index contributed by atoms with van der Waals surface area (Å²) in [4.78, 5) is 4.43. The van der Waals surface area contributed by atoms with E-state index in [-0.39, 0.29) is 17.9 Å². The number of alkyl halides is 3. The Morgan fingerprint density at radius 1 is 0.900 bits per heavy atom. The number of hydrogen-bond acceptors (Lipinski definition) is 2. The molecule has 1 heterocycles. The lowest BCUT2D eigenvalue weighted by molar-refractivity contribution is -0.0809. The van der Waals surface area contributed by atoms with Crippen LogP contribution in [-0.4, -0.2) is 11.2 Å². The van der Waals surface area contributed by atoms with Crippen LogP contribution in [0.2, 0.25) is 0 Å². The third-order valence-electron chi connectivity index (χ3n) is 4.32. The number of ether oxygens (including phenoxy) is 1. The Hall–Kier alpha value is -3.22. The SMILES string of the molecule is CCCc1ccc(-c2ccc(-c3cc(F)c(O/C=C/C(F)(F)F)c(F)c3)cc2)nc1. The van der Waals surface area contributed by atoms with E-state index < -0.39 is 23.6 Å². The lowest BCUT2D eigenvalue weighted by Gasteiger charge is -2.09. The van der Waals surface area contributed by atoms with Gasteiger partial charge in [0.1, 0.15) is 0 Å². The van der Waals surface area contributed by atoms with Gasteiger partial charge in [0.05, 0.1) is 18.0 Å². The van der Waals surface area contributed by atoms with Crippen LogP contribution in [0, 0.1) is 11.6 Å². The van der Waals surface area contributed by atoms with Gasteiger partial charge in [0.2, 0.25) is 0 Å².